The van der Waals surface area contributed by atoms with Gasteiger partial charge in [-0.15, -0.1) is 22.7 Å². The molecule has 0 N–H and O–H groups in total. The summed E-state index contributed by atoms with van der Waals surface area (Å²) in [7, 11) is 0. The van der Waals surface area contributed by atoms with Gasteiger partial charge in [-0.1, -0.05) is 115 Å². The monoisotopic (exact) mass is 725 g/mol. The fraction of sp³-hybridized carbons (Fsp3) is 0. The smallest absolute Gasteiger partial charge is 0.145 e. The Kier molecular flexibility index (Phi) is 7.22. The van der Waals surface area contributed by atoms with Crippen LogP contribution in [0.4, 0.5) is 17.1 Å². The summed E-state index contributed by atoms with van der Waals surface area (Å²) in [6.45, 7) is 0. The van der Waals surface area contributed by atoms with Gasteiger partial charge in [-0.05, 0) is 83.9 Å². The Labute approximate surface area is 320 Å². The second kappa shape index (κ2) is 12.6. The first kappa shape index (κ1) is 31.0. The molecular formula is C49H31N3S2. The van der Waals surface area contributed by atoms with E-state index in [0.717, 1.165) is 56.3 Å². The molecule has 0 unspecified atom stereocenters. The van der Waals surface area contributed by atoms with Crippen molar-refractivity contribution >= 4 is 91.1 Å². The molecular weight excluding hydrogens is 695 g/mol. The number of rotatable bonds is 6. The van der Waals surface area contributed by atoms with Crippen molar-refractivity contribution in [3.8, 4) is 28.2 Å². The molecule has 0 atom stereocenters. The molecule has 0 aliphatic rings. The number of nitrogens with zero attached hydrogens (tertiary/aromatic N) is 3. The molecule has 0 fully saturated rings. The van der Waals surface area contributed by atoms with Gasteiger partial charge in [0.1, 0.15) is 5.82 Å². The van der Waals surface area contributed by atoms with Gasteiger partial charge in [0, 0.05) is 68.7 Å². The highest BCUT2D eigenvalue weighted by molar-refractivity contribution is 7.26. The summed E-state index contributed by atoms with van der Waals surface area (Å²) in [4.78, 5) is 7.47. The normalized spacial score (nSPS) is 11.7. The van der Waals surface area contributed by atoms with Crippen LogP contribution in [0.2, 0.25) is 0 Å². The second-order valence-corrected chi connectivity index (χ2v) is 15.8. The van der Waals surface area contributed by atoms with Gasteiger partial charge in [-0.25, -0.2) is 4.98 Å². The molecule has 3 nitrogen and oxygen atoms in total. The fourth-order valence-electron chi connectivity index (χ4n) is 7.85. The fourth-order valence-corrected chi connectivity index (χ4v) is 10.1. The van der Waals surface area contributed by atoms with Crippen LogP contribution >= 0.6 is 22.7 Å². The SMILES string of the molecule is c1ccc(-c2nc3ccccc3n2-c2cccc(-c3ccc(N(c4ccc5c(c4)sc4ccccc45)c4ccc5c(c4)sc4ccccc45)cc3)c2)cc1. The predicted octanol–water partition coefficient (Wildman–Crippen LogP) is 14.6. The van der Waals surface area contributed by atoms with E-state index in [1.165, 1.54) is 40.3 Å². The number of imidazole rings is 1. The van der Waals surface area contributed by atoms with Crippen LogP contribution in [0.25, 0.3) is 79.6 Å². The molecule has 5 heteroatoms. The topological polar surface area (TPSA) is 21.1 Å². The standard InChI is InChI=1S/C49H31N3S2/c1-2-11-33(12-3-1)49-50-43-17-6-7-18-44(43)52(49)36-14-10-13-34(29-36)32-21-23-35(24-22-32)51(37-25-27-41-39-15-4-8-19-45(39)53-47(41)30-37)38-26-28-42-40-16-5-9-20-46(40)54-48(42)31-38/h1-31H. The summed E-state index contributed by atoms with van der Waals surface area (Å²) in [5.41, 5.74) is 9.95. The van der Waals surface area contributed by atoms with E-state index in [0.29, 0.717) is 0 Å². The predicted molar refractivity (Wildman–Crippen MR) is 232 cm³/mol. The van der Waals surface area contributed by atoms with E-state index in [-0.39, 0.29) is 0 Å². The Bertz CT molecular complexity index is 3060. The maximum absolute atomic E-state index is 5.07. The third kappa shape index (κ3) is 5.12. The molecule has 254 valence electrons. The van der Waals surface area contributed by atoms with Crippen LogP contribution in [-0.2, 0) is 0 Å². The quantitative estimate of drug-likeness (QED) is 0.170. The van der Waals surface area contributed by atoms with Gasteiger partial charge in [0.15, 0.2) is 0 Å². The Morgan fingerprint density at radius 1 is 0.389 bits per heavy atom. The van der Waals surface area contributed by atoms with Gasteiger partial charge < -0.3 is 4.90 Å². The van der Waals surface area contributed by atoms with Gasteiger partial charge >= 0.3 is 0 Å². The first-order valence-electron chi connectivity index (χ1n) is 18.1. The molecule has 0 aliphatic carbocycles. The Hall–Kier alpha value is -6.53. The third-order valence-electron chi connectivity index (χ3n) is 10.4. The number of benzene rings is 8. The maximum Gasteiger partial charge on any atom is 0.145 e. The average molecular weight is 726 g/mol. The van der Waals surface area contributed by atoms with E-state index >= 15 is 0 Å². The molecule has 0 amide bonds. The minimum absolute atomic E-state index is 0.936. The number of thiophene rings is 2. The molecule has 3 heterocycles. The lowest BCUT2D eigenvalue weighted by atomic mass is 10.0. The van der Waals surface area contributed by atoms with E-state index in [1.54, 1.807) is 0 Å². The van der Waals surface area contributed by atoms with Crippen molar-refractivity contribution in [2.24, 2.45) is 0 Å². The van der Waals surface area contributed by atoms with E-state index in [9.17, 15) is 0 Å². The van der Waals surface area contributed by atoms with E-state index in [1.807, 2.05) is 28.7 Å². The molecule has 3 aromatic heterocycles. The molecule has 0 aliphatic heterocycles. The largest absolute Gasteiger partial charge is 0.310 e. The third-order valence-corrected chi connectivity index (χ3v) is 12.7. The zero-order valence-electron chi connectivity index (χ0n) is 29.1. The summed E-state index contributed by atoms with van der Waals surface area (Å²) in [5.74, 6) is 0.936. The summed E-state index contributed by atoms with van der Waals surface area (Å²) in [5, 5.41) is 5.23. The number of anilines is 3. The number of aromatic nitrogens is 2. The highest BCUT2D eigenvalue weighted by Crippen LogP contribution is 2.43. The van der Waals surface area contributed by atoms with Crippen molar-refractivity contribution in [3.05, 3.63) is 188 Å². The lowest BCUT2D eigenvalue weighted by molar-refractivity contribution is 1.10. The minimum Gasteiger partial charge on any atom is -0.310 e. The van der Waals surface area contributed by atoms with Crippen molar-refractivity contribution in [3.63, 3.8) is 0 Å². The number of para-hydroxylation sites is 2. The molecule has 54 heavy (non-hydrogen) atoms. The average Bonchev–Trinajstić information content (AvgIpc) is 3.93. The van der Waals surface area contributed by atoms with Gasteiger partial charge in [-0.2, -0.15) is 0 Å². The van der Waals surface area contributed by atoms with Crippen LogP contribution in [0.15, 0.2) is 188 Å². The molecule has 11 rings (SSSR count). The van der Waals surface area contributed by atoms with Gasteiger partial charge in [0.25, 0.3) is 0 Å². The van der Waals surface area contributed by atoms with Gasteiger partial charge in [0.2, 0.25) is 0 Å². The van der Waals surface area contributed by atoms with Crippen molar-refractivity contribution in [1.29, 1.82) is 0 Å². The van der Waals surface area contributed by atoms with Crippen molar-refractivity contribution < 1.29 is 0 Å². The van der Waals surface area contributed by atoms with Crippen molar-refractivity contribution in [2.75, 3.05) is 4.90 Å². The zero-order chi connectivity index (χ0) is 35.6. The van der Waals surface area contributed by atoms with E-state index in [4.69, 9.17) is 4.98 Å². The minimum atomic E-state index is 0.936. The van der Waals surface area contributed by atoms with E-state index in [2.05, 4.69) is 191 Å². The Morgan fingerprint density at radius 2 is 0.944 bits per heavy atom. The lowest BCUT2D eigenvalue weighted by Gasteiger charge is -2.26. The highest BCUT2D eigenvalue weighted by Gasteiger charge is 2.18. The highest BCUT2D eigenvalue weighted by atomic mass is 32.1. The second-order valence-electron chi connectivity index (χ2n) is 13.6. The number of fused-ring (bicyclic) bond motifs is 7. The molecule has 11 aromatic rings. The van der Waals surface area contributed by atoms with Crippen LogP contribution in [0.3, 0.4) is 0 Å². The Morgan fingerprint density at radius 3 is 1.63 bits per heavy atom. The van der Waals surface area contributed by atoms with Gasteiger partial charge in [0.05, 0.1) is 11.0 Å². The maximum atomic E-state index is 5.07. The molecule has 0 radical (unpaired) electrons. The molecule has 0 saturated carbocycles. The summed E-state index contributed by atoms with van der Waals surface area (Å²) in [6.07, 6.45) is 0. The van der Waals surface area contributed by atoms with Crippen molar-refractivity contribution in [2.45, 2.75) is 0 Å². The molecule has 0 spiro atoms. The van der Waals surface area contributed by atoms with E-state index < -0.39 is 0 Å². The van der Waals surface area contributed by atoms with Crippen LogP contribution in [0.5, 0.6) is 0 Å². The first-order chi connectivity index (χ1) is 26.7. The summed E-state index contributed by atoms with van der Waals surface area (Å²) < 4.78 is 7.48. The van der Waals surface area contributed by atoms with Crippen LogP contribution in [0, 0.1) is 0 Å². The van der Waals surface area contributed by atoms with Crippen molar-refractivity contribution in [1.82, 2.24) is 9.55 Å². The van der Waals surface area contributed by atoms with Crippen LogP contribution < -0.4 is 4.90 Å². The number of hydrogen-bond acceptors (Lipinski definition) is 4. The Balaban J connectivity index is 1.02. The lowest BCUT2D eigenvalue weighted by Crippen LogP contribution is -2.09. The van der Waals surface area contributed by atoms with Crippen LogP contribution in [0.1, 0.15) is 0 Å². The summed E-state index contributed by atoms with van der Waals surface area (Å²) in [6, 6.07) is 67.9. The van der Waals surface area contributed by atoms with Crippen LogP contribution in [-0.4, -0.2) is 9.55 Å². The zero-order valence-corrected chi connectivity index (χ0v) is 30.7. The summed E-state index contributed by atoms with van der Waals surface area (Å²) >= 11 is 3.72. The first-order valence-corrected chi connectivity index (χ1v) is 19.7. The van der Waals surface area contributed by atoms with Gasteiger partial charge in [-0.3, -0.25) is 4.57 Å². The molecule has 0 saturated heterocycles. The molecule has 8 aromatic carbocycles. The molecule has 0 bridgehead atoms. The number of hydrogen-bond donors (Lipinski definition) is 0.